The Hall–Kier alpha value is -5.63. The summed E-state index contributed by atoms with van der Waals surface area (Å²) < 4.78 is 51.1. The van der Waals surface area contributed by atoms with Crippen LogP contribution < -0.4 is 10.2 Å². The number of ether oxygens (including phenoxy) is 4. The molecule has 2 saturated carbocycles. The van der Waals surface area contributed by atoms with Crippen molar-refractivity contribution in [3.8, 4) is 11.4 Å². The molecule has 4 aromatic heterocycles. The third-order valence-corrected chi connectivity index (χ3v) is 17.2. The van der Waals surface area contributed by atoms with E-state index in [4.69, 9.17) is 45.7 Å². The molecule has 0 spiro atoms. The Morgan fingerprint density at radius 3 is 1.42 bits per heavy atom. The van der Waals surface area contributed by atoms with Gasteiger partial charge in [0.15, 0.2) is 22.7 Å². The number of halogens is 3. The highest BCUT2D eigenvalue weighted by Crippen LogP contribution is 2.44. The Kier molecular flexibility index (Phi) is 17.8. The predicted molar refractivity (Wildman–Crippen MR) is 293 cm³/mol. The van der Waals surface area contributed by atoms with Gasteiger partial charge in [0.25, 0.3) is 0 Å². The Morgan fingerprint density at radius 2 is 0.987 bits per heavy atom. The molecule has 0 amide bonds. The van der Waals surface area contributed by atoms with Crippen LogP contribution in [-0.2, 0) is 18.9 Å². The van der Waals surface area contributed by atoms with Crippen molar-refractivity contribution in [1.82, 2.24) is 44.6 Å². The number of anilines is 1. The maximum Gasteiger partial charge on any atom is 0.356 e. The first-order valence-electron chi connectivity index (χ1n) is 27.7. The lowest BCUT2D eigenvalue weighted by molar-refractivity contribution is 0.0222. The number of nitrogens with one attached hydrogen (secondary N) is 1. The number of hydrogen-bond donors (Lipinski definition) is 1. The molecule has 4 saturated heterocycles. The molecule has 2 aromatic carbocycles. The molecule has 16 nitrogen and oxygen atoms in total. The second kappa shape index (κ2) is 25.0. The molecule has 412 valence electrons. The lowest BCUT2D eigenvalue weighted by Crippen LogP contribution is -2.48. The fourth-order valence-corrected chi connectivity index (χ4v) is 12.2. The first kappa shape index (κ1) is 54.7. The van der Waals surface area contributed by atoms with Gasteiger partial charge in [-0.3, -0.25) is 0 Å². The molecule has 1 N–H and O–H groups in total. The molecule has 8 heterocycles. The molecule has 12 rings (SSSR count). The van der Waals surface area contributed by atoms with Crippen LogP contribution in [0.5, 0.6) is 0 Å². The number of esters is 2. The zero-order valence-electron chi connectivity index (χ0n) is 44.9. The molecule has 6 fully saturated rings. The normalized spacial score (nSPS) is 19.8. The average molecular weight is 1080 g/mol. The fourth-order valence-electron chi connectivity index (χ4n) is 11.9. The quantitative estimate of drug-likeness (QED) is 0.122. The van der Waals surface area contributed by atoms with E-state index < -0.39 is 11.9 Å². The van der Waals surface area contributed by atoms with Crippen LogP contribution in [0.3, 0.4) is 0 Å². The molecule has 0 radical (unpaired) electrons. The number of carbonyl (C=O) groups excluding carboxylic acids is 2. The van der Waals surface area contributed by atoms with E-state index in [1.165, 1.54) is 103 Å². The predicted octanol–water partition coefficient (Wildman–Crippen LogP) is 9.81. The number of methoxy groups -OCH3 is 4. The van der Waals surface area contributed by atoms with Crippen LogP contribution in [0.1, 0.15) is 134 Å². The molecular formula is C58H73ClF2N10O6. The van der Waals surface area contributed by atoms with Crippen LogP contribution in [0.25, 0.3) is 33.4 Å². The molecule has 6 aromatic rings. The zero-order valence-corrected chi connectivity index (χ0v) is 45.7. The molecule has 19 heteroatoms. The lowest BCUT2D eigenvalue weighted by Gasteiger charge is -2.42. The Labute approximate surface area is 454 Å². The number of aromatic nitrogens is 6. The van der Waals surface area contributed by atoms with Crippen molar-refractivity contribution in [2.45, 2.75) is 126 Å². The van der Waals surface area contributed by atoms with Crippen LogP contribution in [0.15, 0.2) is 60.7 Å². The summed E-state index contributed by atoms with van der Waals surface area (Å²) in [6.07, 6.45) is 17.0. The number of pyridine rings is 2. The van der Waals surface area contributed by atoms with Gasteiger partial charge in [-0.05, 0) is 151 Å². The van der Waals surface area contributed by atoms with Gasteiger partial charge in [0.2, 0.25) is 0 Å². The van der Waals surface area contributed by atoms with E-state index in [1.54, 1.807) is 33.6 Å². The number of benzene rings is 2. The molecule has 4 aliphatic heterocycles. The van der Waals surface area contributed by atoms with Gasteiger partial charge in [0.05, 0.1) is 70.7 Å². The maximum absolute atomic E-state index is 13.7. The van der Waals surface area contributed by atoms with Gasteiger partial charge in [0.1, 0.15) is 11.6 Å². The minimum absolute atomic E-state index is 0.114. The highest BCUT2D eigenvalue weighted by Gasteiger charge is 2.34. The minimum Gasteiger partial charge on any atom is -0.464 e. The molecular weight excluding hydrogens is 1010 g/mol. The SMILES string of the molecule is COC(=O)c1cc(Cl)c2c(C3CCC3)nn(-c3ccc(F)cc3)c2n1.COC(=O)c1cc(N2CCC(N3CCC(OC)CC3)CC2)c2c(C3CCC3)nn(-c3ccc(F)cc3)c2n1.COC1CCN(C2CCNCC2)CC1. The van der Waals surface area contributed by atoms with Crippen LogP contribution >= 0.6 is 11.6 Å². The summed E-state index contributed by atoms with van der Waals surface area (Å²) >= 11 is 6.46. The van der Waals surface area contributed by atoms with Crippen LogP contribution in [0, 0.1) is 11.6 Å². The Morgan fingerprint density at radius 1 is 0.558 bits per heavy atom. The highest BCUT2D eigenvalue weighted by molar-refractivity contribution is 6.35. The number of rotatable bonds is 11. The van der Waals surface area contributed by atoms with Crippen molar-refractivity contribution in [1.29, 1.82) is 0 Å². The Bertz CT molecular complexity index is 2960. The second-order valence-electron chi connectivity index (χ2n) is 21.3. The number of nitrogens with zero attached hydrogens (tertiary/aromatic N) is 9. The van der Waals surface area contributed by atoms with Crippen LogP contribution in [0.2, 0.25) is 5.02 Å². The molecule has 77 heavy (non-hydrogen) atoms. The number of hydrogen-bond acceptors (Lipinski definition) is 14. The number of likely N-dealkylation sites (tertiary alicyclic amines) is 2. The van der Waals surface area contributed by atoms with E-state index in [9.17, 15) is 18.4 Å². The van der Waals surface area contributed by atoms with Gasteiger partial charge in [0, 0.05) is 77.4 Å². The van der Waals surface area contributed by atoms with Crippen molar-refractivity contribution in [3.63, 3.8) is 0 Å². The van der Waals surface area contributed by atoms with Crippen molar-refractivity contribution in [3.05, 3.63) is 100 Å². The number of piperidine rings is 4. The van der Waals surface area contributed by atoms with Crippen molar-refractivity contribution in [2.24, 2.45) is 0 Å². The van der Waals surface area contributed by atoms with E-state index in [-0.39, 0.29) is 23.0 Å². The summed E-state index contributed by atoms with van der Waals surface area (Å²) in [5.41, 5.74) is 5.76. The minimum atomic E-state index is -0.569. The second-order valence-corrected chi connectivity index (χ2v) is 21.7. The van der Waals surface area contributed by atoms with Crippen LogP contribution in [-0.4, -0.2) is 156 Å². The summed E-state index contributed by atoms with van der Waals surface area (Å²) in [5.74, 6) is -0.985. The van der Waals surface area contributed by atoms with Crippen molar-refractivity contribution >= 4 is 51.3 Å². The van der Waals surface area contributed by atoms with Crippen molar-refractivity contribution < 1.29 is 37.3 Å². The summed E-state index contributed by atoms with van der Waals surface area (Å²) in [7, 11) is 6.32. The van der Waals surface area contributed by atoms with E-state index in [0.717, 1.165) is 124 Å². The van der Waals surface area contributed by atoms with Crippen molar-refractivity contribution in [2.75, 3.05) is 85.7 Å². The van der Waals surface area contributed by atoms with Gasteiger partial charge in [-0.15, -0.1) is 0 Å². The smallest absolute Gasteiger partial charge is 0.356 e. The third-order valence-electron chi connectivity index (χ3n) is 16.9. The van der Waals surface area contributed by atoms with Gasteiger partial charge in [-0.2, -0.15) is 10.2 Å². The van der Waals surface area contributed by atoms with Gasteiger partial charge in [-0.25, -0.2) is 37.7 Å². The highest BCUT2D eigenvalue weighted by atomic mass is 35.5. The largest absolute Gasteiger partial charge is 0.464 e. The summed E-state index contributed by atoms with van der Waals surface area (Å²) in [6.45, 7) is 8.87. The Balaban J connectivity index is 0.000000147. The van der Waals surface area contributed by atoms with Gasteiger partial charge in [-0.1, -0.05) is 24.4 Å². The fraction of sp³-hybridized carbons (Fsp3) is 0.552. The first-order chi connectivity index (χ1) is 37.5. The van der Waals surface area contributed by atoms with Gasteiger partial charge >= 0.3 is 11.9 Å². The molecule has 0 atom stereocenters. The monoisotopic (exact) mass is 1080 g/mol. The van der Waals surface area contributed by atoms with Gasteiger partial charge < -0.3 is 39.0 Å². The third kappa shape index (κ3) is 12.2. The zero-order chi connectivity index (χ0) is 53.6. The van der Waals surface area contributed by atoms with E-state index in [0.29, 0.717) is 52.1 Å². The van der Waals surface area contributed by atoms with Crippen LogP contribution in [0.4, 0.5) is 14.5 Å². The standard InChI is InChI=1S/C29H36FN5O3.C18H15ClFN3O2.C11H22N2O/c1-37-23-12-16-33(17-13-23)21-10-14-34(15-11-21)25-18-24(29(36)38-2)31-28-26(25)27(19-4-3-5-19)32-35(28)22-8-6-20(30)7-9-22;1-25-18(24)14-9-13(19)15-16(10-3-2-4-10)22-23(17(15)21-14)12-7-5-11(20)6-8-12;1-14-11-4-8-13(9-5-11)10-2-6-12-7-3-10/h6-9,18-19,21,23H,3-5,10-17H2,1-2H3;5-10H,2-4H2,1H3;10-12H,2-9H2,1H3. The topological polar surface area (TPSA) is 154 Å². The lowest BCUT2D eigenvalue weighted by atomic mass is 9.82. The molecule has 6 aliphatic rings. The van der Waals surface area contributed by atoms with E-state index in [2.05, 4.69) is 25.0 Å². The number of carbonyl (C=O) groups is 2. The summed E-state index contributed by atoms with van der Waals surface area (Å²) in [6, 6.07) is 17.0. The summed E-state index contributed by atoms with van der Waals surface area (Å²) in [5, 5.41) is 15.3. The molecule has 2 aliphatic carbocycles. The summed E-state index contributed by atoms with van der Waals surface area (Å²) in [4.78, 5) is 41.4. The average Bonchev–Trinajstić information content (AvgIpc) is 4.07. The van der Waals surface area contributed by atoms with E-state index >= 15 is 0 Å². The molecule has 0 unspecified atom stereocenters. The molecule has 0 bridgehead atoms. The first-order valence-corrected chi connectivity index (χ1v) is 28.1. The number of fused-ring (bicyclic) bond motifs is 2. The van der Waals surface area contributed by atoms with E-state index in [1.807, 2.05) is 20.3 Å². The maximum atomic E-state index is 13.7.